The molecular formula is C17H14N4O4S. The number of anilines is 1. The van der Waals surface area contributed by atoms with Crippen LogP contribution in [0.3, 0.4) is 0 Å². The second-order valence-electron chi connectivity index (χ2n) is 6.15. The fourth-order valence-electron chi connectivity index (χ4n) is 3.41. The molecule has 0 aromatic heterocycles. The molecule has 1 aliphatic carbocycles. The molecular weight excluding hydrogens is 356 g/mol. The van der Waals surface area contributed by atoms with Gasteiger partial charge in [0.25, 0.3) is 5.69 Å². The summed E-state index contributed by atoms with van der Waals surface area (Å²) in [6.45, 7) is 0. The van der Waals surface area contributed by atoms with Crippen LogP contribution in [0.15, 0.2) is 46.4 Å². The fraction of sp³-hybridized carbons (Fsp3) is 0.235. The van der Waals surface area contributed by atoms with Crippen molar-refractivity contribution in [3.05, 3.63) is 67.8 Å². The van der Waals surface area contributed by atoms with Crippen LogP contribution in [0.5, 0.6) is 0 Å². The van der Waals surface area contributed by atoms with E-state index in [-0.39, 0.29) is 17.1 Å². The molecule has 1 unspecified atom stereocenters. The number of nitro groups is 2. The van der Waals surface area contributed by atoms with Gasteiger partial charge in [-0.2, -0.15) is 5.10 Å². The normalized spacial score (nSPS) is 19.2. The Labute approximate surface area is 152 Å². The number of hydrazone groups is 1. The predicted octanol–water partition coefficient (Wildman–Crippen LogP) is 4.30. The lowest BCUT2D eigenvalue weighted by atomic mass is 9.83. The van der Waals surface area contributed by atoms with E-state index in [1.165, 1.54) is 22.6 Å². The highest BCUT2D eigenvalue weighted by atomic mass is 32.2. The minimum Gasteiger partial charge on any atom is -0.271 e. The van der Waals surface area contributed by atoms with Crippen LogP contribution >= 0.6 is 11.8 Å². The van der Waals surface area contributed by atoms with Gasteiger partial charge in [-0.1, -0.05) is 12.1 Å². The van der Waals surface area contributed by atoms with Gasteiger partial charge in [-0.15, -0.1) is 11.8 Å². The average Bonchev–Trinajstić information content (AvgIpc) is 3.06. The van der Waals surface area contributed by atoms with E-state index < -0.39 is 9.85 Å². The molecule has 9 heteroatoms. The molecule has 0 radical (unpaired) electrons. The minimum absolute atomic E-state index is 0.136. The molecule has 0 saturated carbocycles. The highest BCUT2D eigenvalue weighted by Crippen LogP contribution is 2.46. The summed E-state index contributed by atoms with van der Waals surface area (Å²) >= 11 is 1.85. The number of nitrogens with zero attached hydrogens (tertiary/aromatic N) is 3. The number of rotatable bonds is 4. The van der Waals surface area contributed by atoms with E-state index in [0.717, 1.165) is 35.9 Å². The van der Waals surface area contributed by atoms with Gasteiger partial charge in [0.05, 0.1) is 21.6 Å². The maximum Gasteiger partial charge on any atom is 0.301 e. The SMILES string of the molecule is O=[N+]([O-])c1ccc(N/N=C2/CCC3CSc4cccc2c43)c([N+](=O)[O-])c1. The fourth-order valence-corrected chi connectivity index (χ4v) is 4.73. The van der Waals surface area contributed by atoms with Crippen molar-refractivity contribution in [2.45, 2.75) is 23.7 Å². The first-order valence-electron chi connectivity index (χ1n) is 8.06. The van der Waals surface area contributed by atoms with Gasteiger partial charge in [0.15, 0.2) is 0 Å². The van der Waals surface area contributed by atoms with E-state index >= 15 is 0 Å². The first-order chi connectivity index (χ1) is 12.5. The molecule has 0 bridgehead atoms. The lowest BCUT2D eigenvalue weighted by Gasteiger charge is -2.22. The van der Waals surface area contributed by atoms with E-state index in [1.807, 2.05) is 23.9 Å². The lowest BCUT2D eigenvalue weighted by Crippen LogP contribution is -2.17. The number of thioether (sulfide) groups is 1. The van der Waals surface area contributed by atoms with Gasteiger partial charge in [-0.3, -0.25) is 25.7 Å². The van der Waals surface area contributed by atoms with E-state index in [9.17, 15) is 20.2 Å². The molecule has 8 nitrogen and oxygen atoms in total. The van der Waals surface area contributed by atoms with Crippen molar-refractivity contribution in [1.29, 1.82) is 0 Å². The second kappa shape index (κ2) is 6.41. The molecule has 0 saturated heterocycles. The molecule has 132 valence electrons. The Bertz CT molecular complexity index is 960. The number of hydrogen-bond acceptors (Lipinski definition) is 7. The van der Waals surface area contributed by atoms with E-state index in [2.05, 4.69) is 16.6 Å². The summed E-state index contributed by atoms with van der Waals surface area (Å²) in [5.41, 5.74) is 5.44. The van der Waals surface area contributed by atoms with Crippen LogP contribution in [-0.2, 0) is 0 Å². The second-order valence-corrected chi connectivity index (χ2v) is 7.21. The Morgan fingerprint density at radius 2 is 2.00 bits per heavy atom. The first kappa shape index (κ1) is 16.5. The van der Waals surface area contributed by atoms with E-state index in [4.69, 9.17) is 0 Å². The summed E-state index contributed by atoms with van der Waals surface area (Å²) in [6.07, 6.45) is 1.79. The van der Waals surface area contributed by atoms with Crippen molar-refractivity contribution in [3.8, 4) is 0 Å². The largest absolute Gasteiger partial charge is 0.301 e. The van der Waals surface area contributed by atoms with Crippen LogP contribution in [0.1, 0.15) is 29.9 Å². The number of nitrogens with one attached hydrogen (secondary N) is 1. The zero-order valence-corrected chi connectivity index (χ0v) is 14.4. The molecule has 1 aliphatic heterocycles. The van der Waals surface area contributed by atoms with Crippen molar-refractivity contribution in [2.75, 3.05) is 11.2 Å². The maximum absolute atomic E-state index is 11.2. The Morgan fingerprint density at radius 1 is 1.15 bits per heavy atom. The summed E-state index contributed by atoms with van der Waals surface area (Å²) in [7, 11) is 0. The van der Waals surface area contributed by atoms with Crippen LogP contribution < -0.4 is 5.43 Å². The van der Waals surface area contributed by atoms with Crippen LogP contribution in [0, 0.1) is 20.2 Å². The zero-order chi connectivity index (χ0) is 18.3. The van der Waals surface area contributed by atoms with Gasteiger partial charge >= 0.3 is 5.69 Å². The number of hydrogen-bond donors (Lipinski definition) is 1. The zero-order valence-electron chi connectivity index (χ0n) is 13.5. The summed E-state index contributed by atoms with van der Waals surface area (Å²) < 4.78 is 0. The maximum atomic E-state index is 11.2. The van der Waals surface area contributed by atoms with Crippen LogP contribution in [0.2, 0.25) is 0 Å². The third-order valence-corrected chi connectivity index (χ3v) is 5.89. The van der Waals surface area contributed by atoms with Crippen molar-refractivity contribution in [1.82, 2.24) is 0 Å². The van der Waals surface area contributed by atoms with Gasteiger partial charge in [0, 0.05) is 22.3 Å². The van der Waals surface area contributed by atoms with Crippen LogP contribution in [0.4, 0.5) is 17.1 Å². The molecule has 0 spiro atoms. The Kier molecular flexibility index (Phi) is 4.08. The van der Waals surface area contributed by atoms with Crippen molar-refractivity contribution in [2.24, 2.45) is 5.10 Å². The summed E-state index contributed by atoms with van der Waals surface area (Å²) in [5, 5.41) is 26.5. The van der Waals surface area contributed by atoms with Gasteiger partial charge in [0.2, 0.25) is 0 Å². The van der Waals surface area contributed by atoms with E-state index in [0.29, 0.717) is 5.92 Å². The Morgan fingerprint density at radius 3 is 2.77 bits per heavy atom. The van der Waals surface area contributed by atoms with Crippen molar-refractivity contribution < 1.29 is 9.85 Å². The minimum atomic E-state index is -0.658. The summed E-state index contributed by atoms with van der Waals surface area (Å²) in [6, 6.07) is 9.62. The molecule has 26 heavy (non-hydrogen) atoms. The topological polar surface area (TPSA) is 111 Å². The molecule has 0 amide bonds. The highest BCUT2D eigenvalue weighted by molar-refractivity contribution is 7.99. The molecule has 2 aromatic carbocycles. The highest BCUT2D eigenvalue weighted by Gasteiger charge is 2.31. The third-order valence-electron chi connectivity index (χ3n) is 4.66. The summed E-state index contributed by atoms with van der Waals surface area (Å²) in [5.74, 6) is 1.62. The molecule has 2 aromatic rings. The van der Waals surface area contributed by atoms with Gasteiger partial charge < -0.3 is 0 Å². The number of benzene rings is 2. The molecule has 1 atom stereocenters. The predicted molar refractivity (Wildman–Crippen MR) is 99.1 cm³/mol. The van der Waals surface area contributed by atoms with Crippen molar-refractivity contribution >= 4 is 34.5 Å². The lowest BCUT2D eigenvalue weighted by molar-refractivity contribution is -0.393. The number of non-ortho nitro benzene ring substituents is 1. The van der Waals surface area contributed by atoms with Gasteiger partial charge in [-0.25, -0.2) is 0 Å². The molecule has 2 aliphatic rings. The van der Waals surface area contributed by atoms with Crippen LogP contribution in [-0.4, -0.2) is 21.3 Å². The monoisotopic (exact) mass is 370 g/mol. The first-order valence-corrected chi connectivity index (χ1v) is 9.04. The standard InChI is InChI=1S/C17H14N4O4S/c22-20(23)11-5-7-14(15(8-11)21(24)25)19-18-13-6-4-10-9-26-16-3-1-2-12(13)17(10)16/h1-3,5,7-8,10,19H,4,6,9H2/b18-13-. The summed E-state index contributed by atoms with van der Waals surface area (Å²) in [4.78, 5) is 22.0. The van der Waals surface area contributed by atoms with Gasteiger partial charge in [0.1, 0.15) is 5.69 Å². The quantitative estimate of drug-likeness (QED) is 0.634. The average molecular weight is 370 g/mol. The molecule has 1 N–H and O–H groups in total. The molecule has 4 rings (SSSR count). The molecule has 0 fully saturated rings. The van der Waals surface area contributed by atoms with Gasteiger partial charge in [-0.05, 0) is 36.5 Å². The Balaban J connectivity index is 1.68. The third kappa shape index (κ3) is 2.80. The van der Waals surface area contributed by atoms with E-state index in [1.54, 1.807) is 0 Å². The molecule has 1 heterocycles. The smallest absolute Gasteiger partial charge is 0.271 e. The number of nitro benzene ring substituents is 2. The Hall–Kier alpha value is -2.94. The van der Waals surface area contributed by atoms with Crippen molar-refractivity contribution in [3.63, 3.8) is 0 Å². The van der Waals surface area contributed by atoms with Crippen LogP contribution in [0.25, 0.3) is 0 Å².